The van der Waals surface area contributed by atoms with Crippen molar-refractivity contribution in [1.29, 1.82) is 0 Å². The third-order valence-corrected chi connectivity index (χ3v) is 2.85. The monoisotopic (exact) mass is 232 g/mol. The molecule has 0 spiro atoms. The first-order valence-electron chi connectivity index (χ1n) is 6.38. The van der Waals surface area contributed by atoms with Crippen molar-refractivity contribution >= 4 is 0 Å². The molecule has 0 aliphatic carbocycles. The smallest absolute Gasteiger partial charge is 0.0337 e. The Morgan fingerprint density at radius 3 is 2.47 bits per heavy atom. The molecule has 0 aliphatic heterocycles. The summed E-state index contributed by atoms with van der Waals surface area (Å²) in [4.78, 5) is 0. The van der Waals surface area contributed by atoms with Gasteiger partial charge >= 0.3 is 0 Å². The Morgan fingerprint density at radius 2 is 1.88 bits per heavy atom. The van der Waals surface area contributed by atoms with Crippen molar-refractivity contribution in [3.63, 3.8) is 0 Å². The lowest BCUT2D eigenvalue weighted by Crippen LogP contribution is -2.30. The Labute approximate surface area is 105 Å². The first kappa shape index (κ1) is 13.8. The number of unbranched alkanes of at least 4 members (excludes halogenated alkanes) is 1. The van der Waals surface area contributed by atoms with E-state index < -0.39 is 0 Å². The molecule has 0 saturated carbocycles. The Balaban J connectivity index is 2.21. The predicted octanol–water partition coefficient (Wildman–Crippen LogP) is 3.29. The quantitative estimate of drug-likeness (QED) is 0.573. The topological polar surface area (TPSA) is 15.3 Å². The van der Waals surface area contributed by atoms with Crippen molar-refractivity contribution in [3.8, 4) is 0 Å². The van der Waals surface area contributed by atoms with Crippen LogP contribution >= 0.6 is 0 Å². The molecule has 0 heterocycles. The summed E-state index contributed by atoms with van der Waals surface area (Å²) in [5.74, 6) is 0. The minimum absolute atomic E-state index is 1.06. The number of allylic oxidation sites excluding steroid dienone is 1. The molecule has 1 rings (SSSR count). The van der Waals surface area contributed by atoms with Crippen molar-refractivity contribution < 1.29 is 0 Å². The Bertz CT molecular complexity index is 327. The molecule has 0 amide bonds. The van der Waals surface area contributed by atoms with Crippen molar-refractivity contribution in [3.05, 3.63) is 47.7 Å². The standard InChI is InChI=1S/C15H24N2/c1-4-12-17(16-3)13-6-5-7-15-10-8-14(2)9-11-15/h4,8-12,16H,5-7,13H2,1-3H3/b12-4-. The van der Waals surface area contributed by atoms with Gasteiger partial charge in [-0.15, -0.1) is 0 Å². The van der Waals surface area contributed by atoms with E-state index in [1.807, 2.05) is 14.0 Å². The highest BCUT2D eigenvalue weighted by molar-refractivity contribution is 5.21. The number of benzene rings is 1. The number of rotatable bonds is 7. The Kier molecular flexibility index (Phi) is 6.41. The summed E-state index contributed by atoms with van der Waals surface area (Å²) < 4.78 is 0. The van der Waals surface area contributed by atoms with Gasteiger partial charge in [0, 0.05) is 19.8 Å². The normalized spacial score (nSPS) is 11.0. The zero-order valence-electron chi connectivity index (χ0n) is 11.2. The van der Waals surface area contributed by atoms with Crippen LogP contribution in [0, 0.1) is 6.92 Å². The van der Waals surface area contributed by atoms with Crippen LogP contribution < -0.4 is 5.43 Å². The van der Waals surface area contributed by atoms with Crippen LogP contribution in [-0.4, -0.2) is 18.6 Å². The number of hydrazine groups is 1. The molecule has 0 bridgehead atoms. The summed E-state index contributed by atoms with van der Waals surface area (Å²) in [7, 11) is 1.96. The number of nitrogens with one attached hydrogen (secondary N) is 1. The summed E-state index contributed by atoms with van der Waals surface area (Å²) in [6.45, 7) is 5.23. The van der Waals surface area contributed by atoms with Gasteiger partial charge in [-0.3, -0.25) is 0 Å². The molecule has 17 heavy (non-hydrogen) atoms. The van der Waals surface area contributed by atoms with Crippen LogP contribution in [0.1, 0.15) is 30.9 Å². The summed E-state index contributed by atoms with van der Waals surface area (Å²) in [5.41, 5.74) is 5.93. The second-order valence-corrected chi connectivity index (χ2v) is 4.34. The Hall–Kier alpha value is -1.28. The molecule has 0 aliphatic rings. The fourth-order valence-electron chi connectivity index (χ4n) is 1.81. The lowest BCUT2D eigenvalue weighted by Gasteiger charge is -2.18. The third-order valence-electron chi connectivity index (χ3n) is 2.85. The molecule has 1 aromatic carbocycles. The number of hydrogen-bond acceptors (Lipinski definition) is 2. The van der Waals surface area contributed by atoms with E-state index in [4.69, 9.17) is 0 Å². The summed E-state index contributed by atoms with van der Waals surface area (Å²) in [6, 6.07) is 8.85. The first-order chi connectivity index (χ1) is 8.26. The van der Waals surface area contributed by atoms with Gasteiger partial charge in [0.25, 0.3) is 0 Å². The van der Waals surface area contributed by atoms with Gasteiger partial charge in [-0.05, 0) is 38.7 Å². The van der Waals surface area contributed by atoms with Crippen molar-refractivity contribution in [2.24, 2.45) is 0 Å². The minimum atomic E-state index is 1.06. The molecule has 2 nitrogen and oxygen atoms in total. The fraction of sp³-hybridized carbons (Fsp3) is 0.467. The van der Waals surface area contributed by atoms with Gasteiger partial charge in [0.2, 0.25) is 0 Å². The number of nitrogens with zero attached hydrogens (tertiary/aromatic N) is 1. The lowest BCUT2D eigenvalue weighted by atomic mass is 10.1. The van der Waals surface area contributed by atoms with E-state index in [0.29, 0.717) is 0 Å². The van der Waals surface area contributed by atoms with Gasteiger partial charge in [0.05, 0.1) is 0 Å². The fourth-order valence-corrected chi connectivity index (χ4v) is 1.81. The van der Waals surface area contributed by atoms with Crippen LogP contribution in [0.5, 0.6) is 0 Å². The number of hydrogen-bond donors (Lipinski definition) is 1. The number of aryl methyl sites for hydroxylation is 2. The highest BCUT2D eigenvalue weighted by Crippen LogP contribution is 2.07. The van der Waals surface area contributed by atoms with E-state index in [1.54, 1.807) is 0 Å². The molecule has 94 valence electrons. The maximum atomic E-state index is 3.16. The van der Waals surface area contributed by atoms with E-state index in [9.17, 15) is 0 Å². The molecule has 1 aromatic rings. The highest BCUT2D eigenvalue weighted by atomic mass is 15.5. The maximum Gasteiger partial charge on any atom is 0.0337 e. The van der Waals surface area contributed by atoms with Gasteiger partial charge < -0.3 is 5.01 Å². The van der Waals surface area contributed by atoms with Crippen molar-refractivity contribution in [2.75, 3.05) is 13.6 Å². The van der Waals surface area contributed by atoms with E-state index in [0.717, 1.165) is 6.54 Å². The van der Waals surface area contributed by atoms with Gasteiger partial charge in [-0.1, -0.05) is 35.9 Å². The summed E-state index contributed by atoms with van der Waals surface area (Å²) in [5, 5.41) is 2.12. The maximum absolute atomic E-state index is 3.16. The minimum Gasteiger partial charge on any atom is -0.316 e. The molecule has 0 unspecified atom stereocenters. The van der Waals surface area contributed by atoms with Crippen LogP contribution in [-0.2, 0) is 6.42 Å². The molecular weight excluding hydrogens is 208 g/mol. The van der Waals surface area contributed by atoms with Crippen LogP contribution in [0.25, 0.3) is 0 Å². The average molecular weight is 232 g/mol. The van der Waals surface area contributed by atoms with E-state index in [1.165, 1.54) is 30.4 Å². The van der Waals surface area contributed by atoms with E-state index >= 15 is 0 Å². The second kappa shape index (κ2) is 7.91. The zero-order valence-corrected chi connectivity index (χ0v) is 11.2. The lowest BCUT2D eigenvalue weighted by molar-refractivity contribution is 0.291. The van der Waals surface area contributed by atoms with E-state index in [-0.39, 0.29) is 0 Å². The highest BCUT2D eigenvalue weighted by Gasteiger charge is 1.96. The largest absolute Gasteiger partial charge is 0.316 e. The molecule has 1 N–H and O–H groups in total. The van der Waals surface area contributed by atoms with Crippen LogP contribution in [0.4, 0.5) is 0 Å². The first-order valence-corrected chi connectivity index (χ1v) is 6.38. The molecule has 0 fully saturated rings. The second-order valence-electron chi connectivity index (χ2n) is 4.34. The molecule has 0 atom stereocenters. The predicted molar refractivity (Wildman–Crippen MR) is 74.7 cm³/mol. The van der Waals surface area contributed by atoms with Gasteiger partial charge in [0.15, 0.2) is 0 Å². The SMILES string of the molecule is C/C=C\N(CCCCc1ccc(C)cc1)NC. The van der Waals surface area contributed by atoms with Gasteiger partial charge in [0.1, 0.15) is 0 Å². The third kappa shape index (κ3) is 5.55. The van der Waals surface area contributed by atoms with Crippen LogP contribution in [0.15, 0.2) is 36.5 Å². The Morgan fingerprint density at radius 1 is 1.18 bits per heavy atom. The summed E-state index contributed by atoms with van der Waals surface area (Å²) >= 11 is 0. The van der Waals surface area contributed by atoms with E-state index in [2.05, 4.69) is 53.9 Å². The molecule has 0 saturated heterocycles. The molecule has 0 radical (unpaired) electrons. The zero-order chi connectivity index (χ0) is 12.5. The van der Waals surface area contributed by atoms with Crippen molar-refractivity contribution in [2.45, 2.75) is 33.1 Å². The van der Waals surface area contributed by atoms with Crippen LogP contribution in [0.2, 0.25) is 0 Å². The van der Waals surface area contributed by atoms with Gasteiger partial charge in [-0.2, -0.15) is 0 Å². The molecule has 2 heteroatoms. The molecular formula is C15H24N2. The van der Waals surface area contributed by atoms with Crippen molar-refractivity contribution in [1.82, 2.24) is 10.4 Å². The van der Waals surface area contributed by atoms with Gasteiger partial charge in [-0.25, -0.2) is 5.43 Å². The summed E-state index contributed by atoms with van der Waals surface area (Å²) in [6.07, 6.45) is 7.74. The molecule has 0 aromatic heterocycles. The van der Waals surface area contributed by atoms with Crippen LogP contribution in [0.3, 0.4) is 0 Å². The average Bonchev–Trinajstić information content (AvgIpc) is 2.35.